The summed E-state index contributed by atoms with van der Waals surface area (Å²) >= 11 is 0. The Labute approximate surface area is 760 Å². The highest BCUT2D eigenvalue weighted by Crippen LogP contribution is 2.50. The van der Waals surface area contributed by atoms with Crippen molar-refractivity contribution in [3.05, 3.63) is 460 Å². The molecule has 0 unspecified atom stereocenters. The maximum absolute atomic E-state index is 6.08. The molecule has 11 heteroatoms. The monoisotopic (exact) mass is 1700 g/mol. The largest absolute Gasteiger partial charge is 0.456 e. The minimum atomic E-state index is 0.0393. The van der Waals surface area contributed by atoms with Gasteiger partial charge in [0, 0.05) is 140 Å². The highest BCUT2D eigenvalue weighted by atomic mass is 16.3. The summed E-state index contributed by atoms with van der Waals surface area (Å²) in [7, 11) is 0. The molecule has 0 atom stereocenters. The summed E-state index contributed by atoms with van der Waals surface area (Å²) in [5.74, 6) is 0. The second-order valence-corrected chi connectivity index (χ2v) is 33.8. The summed E-state index contributed by atoms with van der Waals surface area (Å²) in [5, 5.41) is 33.7. The van der Waals surface area contributed by atoms with Crippen LogP contribution in [0.4, 0.5) is 56.9 Å². The number of furan rings is 6. The lowest BCUT2D eigenvalue weighted by Gasteiger charge is -2.21. The average Bonchev–Trinajstić information content (AvgIpc) is 1.58. The van der Waals surface area contributed by atoms with Crippen molar-refractivity contribution in [2.75, 3.05) is 26.6 Å². The lowest BCUT2D eigenvalue weighted by Crippen LogP contribution is -2.14. The standard InChI is InChI=1S/C30H21NO.C27H21NO.C24H15NO2.C22H15NO.C18H13NO/c1-3-9-21(10-4-1)23-17-24(22-11-5-2-6-12-22)19-26(18-23)31-25-15-16-28-27-13-7-8-14-29(27)32-30(28)20-25;1-27(2)23-9-5-3-7-19(23)22-15-17(12-14-24(22)27)28-18-11-13-21-20-8-4-6-10-25(20)29-26(21)16-18;1-3-9-20-16(6-1)17-13-12-15(14-23(17)27-20)25-19-8-5-11-22-24(19)18-7-2-4-10-21(18)26-22;1-2-7-16(8-3-1)23-17-11-13-20-19(14-17)22-18-9-5-4-6-15(18)10-12-21(22)24-20;1-2-6-13(7-3-1)19-14-10-11-16-15-8-4-5-9-17(15)20-18(16)12-14/h1-20,31H;3-16,28H,1-2H3;1-14,25H;1-14,23H;1-12,19H. The number of para-hydroxylation sites is 7. The van der Waals surface area contributed by atoms with E-state index in [1.54, 1.807) is 0 Å². The van der Waals surface area contributed by atoms with Crippen molar-refractivity contribution >= 4 is 199 Å². The zero-order valence-corrected chi connectivity index (χ0v) is 72.2. The molecule has 132 heavy (non-hydrogen) atoms. The zero-order chi connectivity index (χ0) is 88.0. The molecule has 630 valence electrons. The fraction of sp³-hybridized carbons (Fsp3) is 0.0248. The first-order valence-corrected chi connectivity index (χ1v) is 44.4. The molecule has 20 aromatic carbocycles. The van der Waals surface area contributed by atoms with Crippen molar-refractivity contribution in [3.8, 4) is 33.4 Å². The Kier molecular flexibility index (Phi) is 20.4. The number of fused-ring (bicyclic) bond motifs is 23. The van der Waals surface area contributed by atoms with Crippen LogP contribution in [0.5, 0.6) is 0 Å². The first-order chi connectivity index (χ1) is 65.1. The fourth-order valence-electron chi connectivity index (χ4n) is 18.7. The summed E-state index contributed by atoms with van der Waals surface area (Å²) in [6.07, 6.45) is 0. The van der Waals surface area contributed by atoms with Gasteiger partial charge in [0.1, 0.15) is 67.0 Å². The predicted octanol–water partition coefficient (Wildman–Crippen LogP) is 35.3. The molecule has 1 aliphatic rings. The normalized spacial score (nSPS) is 11.9. The number of hydrogen-bond donors (Lipinski definition) is 5. The molecule has 1 aliphatic carbocycles. The summed E-state index contributed by atoms with van der Waals surface area (Å²) in [6, 6.07) is 154. The van der Waals surface area contributed by atoms with Gasteiger partial charge in [0.15, 0.2) is 0 Å². The second kappa shape index (κ2) is 34.0. The van der Waals surface area contributed by atoms with Gasteiger partial charge in [0.25, 0.3) is 0 Å². The topological polar surface area (TPSA) is 139 Å². The molecule has 5 N–H and O–H groups in total. The van der Waals surface area contributed by atoms with E-state index < -0.39 is 0 Å². The molecular formula is C121H85N5O6. The number of benzene rings is 20. The highest BCUT2D eigenvalue weighted by molar-refractivity contribution is 6.20. The highest BCUT2D eigenvalue weighted by Gasteiger charge is 2.35. The van der Waals surface area contributed by atoms with Crippen LogP contribution < -0.4 is 26.6 Å². The van der Waals surface area contributed by atoms with E-state index in [-0.39, 0.29) is 5.41 Å². The lowest BCUT2D eigenvalue weighted by atomic mass is 9.82. The maximum Gasteiger partial charge on any atom is 0.137 e. The van der Waals surface area contributed by atoms with Gasteiger partial charge >= 0.3 is 0 Å². The van der Waals surface area contributed by atoms with Gasteiger partial charge in [-0.15, -0.1) is 0 Å². The third-order valence-corrected chi connectivity index (χ3v) is 25.0. The molecule has 0 fully saturated rings. The number of anilines is 10. The van der Waals surface area contributed by atoms with E-state index in [0.717, 1.165) is 183 Å². The van der Waals surface area contributed by atoms with Crippen LogP contribution in [-0.2, 0) is 5.41 Å². The van der Waals surface area contributed by atoms with Gasteiger partial charge in [-0.3, -0.25) is 0 Å². The van der Waals surface area contributed by atoms with E-state index in [9.17, 15) is 0 Å². The minimum absolute atomic E-state index is 0.0393. The molecule has 0 radical (unpaired) electrons. The van der Waals surface area contributed by atoms with Crippen LogP contribution in [-0.4, -0.2) is 0 Å². The SMILES string of the molecule is CC1(C)c2ccccc2-c2cc(Nc3ccc4c(c3)oc3ccccc34)ccc21.c1ccc(-c2cc(Nc3ccc4c(c3)oc3ccccc34)cc(-c3ccccc3)c2)cc1.c1ccc(Nc2ccc3c(c2)oc2ccccc23)cc1.c1ccc(Nc2ccc3oc4ccc5ccccc5c4c3c2)cc1.c1ccc2c(c1)oc1cc(Nc3cccc4oc5ccccc5c34)ccc12. The van der Waals surface area contributed by atoms with Crippen LogP contribution in [0.3, 0.4) is 0 Å². The molecule has 0 aliphatic heterocycles. The van der Waals surface area contributed by atoms with Gasteiger partial charge < -0.3 is 53.1 Å². The maximum atomic E-state index is 6.08. The van der Waals surface area contributed by atoms with Crippen LogP contribution in [0.2, 0.25) is 0 Å². The Bertz CT molecular complexity index is 8750. The lowest BCUT2D eigenvalue weighted by molar-refractivity contribution is 0.660. The molecule has 0 saturated carbocycles. The Morgan fingerprint density at radius 3 is 1.01 bits per heavy atom. The van der Waals surface area contributed by atoms with Crippen LogP contribution in [0.1, 0.15) is 25.0 Å². The third kappa shape index (κ3) is 15.5. The second-order valence-electron chi connectivity index (χ2n) is 33.8. The predicted molar refractivity (Wildman–Crippen MR) is 550 cm³/mol. The molecule has 0 amide bonds. The smallest absolute Gasteiger partial charge is 0.137 e. The summed E-state index contributed by atoms with van der Waals surface area (Å²) in [6.45, 7) is 4.61. The fourth-order valence-corrected chi connectivity index (χ4v) is 18.7. The summed E-state index contributed by atoms with van der Waals surface area (Å²) in [4.78, 5) is 0. The van der Waals surface area contributed by atoms with E-state index in [2.05, 4.69) is 313 Å². The Morgan fingerprint density at radius 1 is 0.167 bits per heavy atom. The van der Waals surface area contributed by atoms with Crippen LogP contribution in [0, 0.1) is 0 Å². The van der Waals surface area contributed by atoms with Gasteiger partial charge in [-0.05, 0) is 225 Å². The summed E-state index contributed by atoms with van der Waals surface area (Å²) in [5.41, 5.74) is 31.5. The molecule has 0 bridgehead atoms. The molecule has 6 aromatic heterocycles. The van der Waals surface area contributed by atoms with Crippen molar-refractivity contribution in [1.82, 2.24) is 0 Å². The van der Waals surface area contributed by atoms with Gasteiger partial charge in [0.05, 0.1) is 11.1 Å². The van der Waals surface area contributed by atoms with Crippen molar-refractivity contribution in [2.24, 2.45) is 0 Å². The number of hydrogen-bond acceptors (Lipinski definition) is 11. The Morgan fingerprint density at radius 2 is 0.500 bits per heavy atom. The van der Waals surface area contributed by atoms with Crippen molar-refractivity contribution in [3.63, 3.8) is 0 Å². The van der Waals surface area contributed by atoms with E-state index in [1.807, 2.05) is 176 Å². The Balaban J connectivity index is 0.0000000943. The summed E-state index contributed by atoms with van der Waals surface area (Å²) < 4.78 is 36.0. The van der Waals surface area contributed by atoms with Crippen LogP contribution in [0.15, 0.2) is 475 Å². The quantitative estimate of drug-likeness (QED) is 0.0799. The van der Waals surface area contributed by atoms with Gasteiger partial charge in [-0.2, -0.15) is 0 Å². The van der Waals surface area contributed by atoms with E-state index in [0.29, 0.717) is 0 Å². The van der Waals surface area contributed by atoms with Crippen molar-refractivity contribution in [1.29, 1.82) is 0 Å². The van der Waals surface area contributed by atoms with Gasteiger partial charge in [-0.1, -0.05) is 269 Å². The van der Waals surface area contributed by atoms with Gasteiger partial charge in [0.2, 0.25) is 0 Å². The number of nitrogens with one attached hydrogen (secondary N) is 5. The van der Waals surface area contributed by atoms with Crippen LogP contribution >= 0.6 is 0 Å². The molecular weight excluding hydrogens is 1620 g/mol. The molecule has 0 spiro atoms. The number of rotatable bonds is 12. The van der Waals surface area contributed by atoms with Crippen molar-refractivity contribution < 1.29 is 26.5 Å². The molecule has 6 heterocycles. The van der Waals surface area contributed by atoms with Gasteiger partial charge in [-0.25, -0.2) is 0 Å². The first-order valence-electron chi connectivity index (χ1n) is 44.4. The van der Waals surface area contributed by atoms with Crippen molar-refractivity contribution in [2.45, 2.75) is 19.3 Å². The third-order valence-electron chi connectivity index (χ3n) is 25.0. The average molecular weight is 1710 g/mol. The van der Waals surface area contributed by atoms with E-state index >= 15 is 0 Å². The van der Waals surface area contributed by atoms with E-state index in [4.69, 9.17) is 26.5 Å². The molecule has 0 saturated heterocycles. The zero-order valence-electron chi connectivity index (χ0n) is 72.2. The molecule has 26 aromatic rings. The van der Waals surface area contributed by atoms with E-state index in [1.165, 1.54) is 60.7 Å². The molecule has 27 rings (SSSR count). The van der Waals surface area contributed by atoms with Crippen LogP contribution in [0.25, 0.3) is 176 Å². The first kappa shape index (κ1) is 79.1. The minimum Gasteiger partial charge on any atom is -0.456 e. The molecule has 11 nitrogen and oxygen atoms in total. The Hall–Kier alpha value is -17.5.